The number of aromatic nitrogens is 1. The Balaban J connectivity index is 2.39. The number of hydrogen-bond acceptors (Lipinski definition) is 2. The van der Waals surface area contributed by atoms with E-state index in [9.17, 15) is 4.79 Å². The van der Waals surface area contributed by atoms with Crippen LogP contribution in [0.3, 0.4) is 0 Å². The summed E-state index contributed by atoms with van der Waals surface area (Å²) in [6.07, 6.45) is 5.54. The highest BCUT2D eigenvalue weighted by Crippen LogP contribution is 2.16. The zero-order chi connectivity index (χ0) is 13.7. The molecule has 0 radical (unpaired) electrons. The third-order valence-corrected chi connectivity index (χ3v) is 3.06. The second kappa shape index (κ2) is 6.16. The summed E-state index contributed by atoms with van der Waals surface area (Å²) in [6.45, 7) is 9.88. The quantitative estimate of drug-likeness (QED) is 0.805. The van der Waals surface area contributed by atoms with Crippen molar-refractivity contribution in [3.8, 4) is 0 Å². The molecule has 0 aliphatic heterocycles. The summed E-state index contributed by atoms with van der Waals surface area (Å²) in [7, 11) is 0. The van der Waals surface area contributed by atoms with E-state index in [2.05, 4.69) is 23.0 Å². The smallest absolute Gasteiger partial charge is 0.255 e. The Bertz CT molecular complexity index is 632. The van der Waals surface area contributed by atoms with Gasteiger partial charge in [-0.25, -0.2) is 0 Å². The van der Waals surface area contributed by atoms with Crippen LogP contribution in [0.25, 0.3) is 10.8 Å². The molecule has 0 aliphatic carbocycles. The lowest BCUT2D eigenvalue weighted by molar-refractivity contribution is 0.328. The van der Waals surface area contributed by atoms with Gasteiger partial charge in [0.15, 0.2) is 0 Å². The number of rotatable bonds is 6. The first kappa shape index (κ1) is 13.3. The van der Waals surface area contributed by atoms with Crippen molar-refractivity contribution in [1.82, 2.24) is 9.88 Å². The standard InChI is InChI=1S/C16H18N2O/c1-3-9-18(10-4-2)12-13-11-17-16(19)15-8-6-5-7-14(13)15/h3-8,11H,1-2,9-10,12H2,(H,17,19). The molecule has 0 saturated carbocycles. The van der Waals surface area contributed by atoms with E-state index in [0.717, 1.165) is 36.0 Å². The predicted octanol–water partition coefficient (Wildman–Crippen LogP) is 2.70. The molecule has 0 amide bonds. The summed E-state index contributed by atoms with van der Waals surface area (Å²) in [5.74, 6) is 0. The van der Waals surface area contributed by atoms with Crippen molar-refractivity contribution >= 4 is 10.8 Å². The molecule has 1 heterocycles. The first-order chi connectivity index (χ1) is 9.26. The Morgan fingerprint density at radius 1 is 1.11 bits per heavy atom. The summed E-state index contributed by atoms with van der Waals surface area (Å²) >= 11 is 0. The first-order valence-corrected chi connectivity index (χ1v) is 6.29. The molecule has 0 fully saturated rings. The van der Waals surface area contributed by atoms with Gasteiger partial charge in [-0.3, -0.25) is 9.69 Å². The minimum atomic E-state index is -0.0432. The molecule has 1 aromatic carbocycles. The van der Waals surface area contributed by atoms with Crippen LogP contribution in [0.5, 0.6) is 0 Å². The van der Waals surface area contributed by atoms with Crippen molar-refractivity contribution in [2.24, 2.45) is 0 Å². The van der Waals surface area contributed by atoms with Crippen LogP contribution in [-0.2, 0) is 6.54 Å². The Morgan fingerprint density at radius 3 is 2.37 bits per heavy atom. The van der Waals surface area contributed by atoms with Crippen molar-refractivity contribution in [2.45, 2.75) is 6.54 Å². The molecular weight excluding hydrogens is 236 g/mol. The predicted molar refractivity (Wildman–Crippen MR) is 80.2 cm³/mol. The highest BCUT2D eigenvalue weighted by molar-refractivity contribution is 5.84. The van der Waals surface area contributed by atoms with Gasteiger partial charge in [-0.05, 0) is 17.0 Å². The molecule has 0 atom stereocenters. The van der Waals surface area contributed by atoms with E-state index in [-0.39, 0.29) is 5.56 Å². The summed E-state index contributed by atoms with van der Waals surface area (Å²) in [5, 5.41) is 1.74. The molecule has 0 bridgehead atoms. The highest BCUT2D eigenvalue weighted by atomic mass is 16.1. The summed E-state index contributed by atoms with van der Waals surface area (Å²) < 4.78 is 0. The third-order valence-electron chi connectivity index (χ3n) is 3.06. The lowest BCUT2D eigenvalue weighted by atomic mass is 10.1. The fourth-order valence-corrected chi connectivity index (χ4v) is 2.21. The van der Waals surface area contributed by atoms with Gasteiger partial charge in [0, 0.05) is 31.2 Å². The van der Waals surface area contributed by atoms with Crippen LogP contribution in [-0.4, -0.2) is 23.0 Å². The Hall–Kier alpha value is -2.13. The van der Waals surface area contributed by atoms with E-state index >= 15 is 0 Å². The Morgan fingerprint density at radius 2 is 1.74 bits per heavy atom. The molecule has 19 heavy (non-hydrogen) atoms. The molecule has 0 unspecified atom stereocenters. The zero-order valence-electron chi connectivity index (χ0n) is 10.9. The normalized spacial score (nSPS) is 10.8. The second-order valence-corrected chi connectivity index (χ2v) is 4.46. The lowest BCUT2D eigenvalue weighted by Gasteiger charge is -2.19. The first-order valence-electron chi connectivity index (χ1n) is 6.29. The minimum absolute atomic E-state index is 0.0432. The van der Waals surface area contributed by atoms with Crippen LogP contribution < -0.4 is 5.56 Å². The van der Waals surface area contributed by atoms with Gasteiger partial charge < -0.3 is 4.98 Å². The number of nitrogens with one attached hydrogen (secondary N) is 1. The van der Waals surface area contributed by atoms with Crippen molar-refractivity contribution < 1.29 is 0 Å². The molecule has 1 aromatic heterocycles. The molecule has 98 valence electrons. The Labute approximate surface area is 112 Å². The maximum atomic E-state index is 11.8. The van der Waals surface area contributed by atoms with Crippen molar-refractivity contribution in [2.75, 3.05) is 13.1 Å². The van der Waals surface area contributed by atoms with Crippen molar-refractivity contribution in [1.29, 1.82) is 0 Å². The van der Waals surface area contributed by atoms with Gasteiger partial charge in [-0.1, -0.05) is 30.4 Å². The average molecular weight is 254 g/mol. The van der Waals surface area contributed by atoms with Gasteiger partial charge in [0.1, 0.15) is 0 Å². The average Bonchev–Trinajstić information content (AvgIpc) is 2.43. The number of H-pyrrole nitrogens is 1. The third kappa shape index (κ3) is 3.01. The number of fused-ring (bicyclic) bond motifs is 1. The van der Waals surface area contributed by atoms with Crippen LogP contribution >= 0.6 is 0 Å². The fraction of sp³-hybridized carbons (Fsp3) is 0.188. The molecule has 2 aromatic rings. The maximum Gasteiger partial charge on any atom is 0.255 e. The zero-order valence-corrected chi connectivity index (χ0v) is 10.9. The molecule has 2 rings (SSSR count). The lowest BCUT2D eigenvalue weighted by Crippen LogP contribution is -2.24. The monoisotopic (exact) mass is 254 g/mol. The molecule has 0 saturated heterocycles. The summed E-state index contributed by atoms with van der Waals surface area (Å²) in [4.78, 5) is 16.8. The van der Waals surface area contributed by atoms with Gasteiger partial charge in [0.2, 0.25) is 0 Å². The Kier molecular flexibility index (Phi) is 4.31. The van der Waals surface area contributed by atoms with E-state index in [0.29, 0.717) is 0 Å². The second-order valence-electron chi connectivity index (χ2n) is 4.46. The van der Waals surface area contributed by atoms with E-state index < -0.39 is 0 Å². The van der Waals surface area contributed by atoms with Crippen LogP contribution in [0.2, 0.25) is 0 Å². The van der Waals surface area contributed by atoms with Gasteiger partial charge in [0.25, 0.3) is 5.56 Å². The van der Waals surface area contributed by atoms with Crippen LogP contribution in [0.1, 0.15) is 5.56 Å². The number of hydrogen-bond donors (Lipinski definition) is 1. The minimum Gasteiger partial charge on any atom is -0.328 e. The number of nitrogens with zero attached hydrogens (tertiary/aromatic N) is 1. The van der Waals surface area contributed by atoms with Crippen molar-refractivity contribution in [3.63, 3.8) is 0 Å². The molecule has 3 nitrogen and oxygen atoms in total. The summed E-state index contributed by atoms with van der Waals surface area (Å²) in [5.41, 5.74) is 1.07. The van der Waals surface area contributed by atoms with E-state index in [4.69, 9.17) is 0 Å². The molecule has 0 spiro atoms. The highest BCUT2D eigenvalue weighted by Gasteiger charge is 2.07. The number of benzene rings is 1. The molecule has 3 heteroatoms. The number of aromatic amines is 1. The fourth-order valence-electron chi connectivity index (χ4n) is 2.21. The van der Waals surface area contributed by atoms with Crippen molar-refractivity contribution in [3.05, 3.63) is 71.7 Å². The molecule has 0 aliphatic rings. The maximum absolute atomic E-state index is 11.8. The van der Waals surface area contributed by atoms with Gasteiger partial charge in [-0.15, -0.1) is 13.2 Å². The van der Waals surface area contributed by atoms with Crippen LogP contribution in [0.15, 0.2) is 60.6 Å². The topological polar surface area (TPSA) is 36.1 Å². The van der Waals surface area contributed by atoms with E-state index in [1.807, 2.05) is 36.4 Å². The van der Waals surface area contributed by atoms with Gasteiger partial charge >= 0.3 is 0 Å². The van der Waals surface area contributed by atoms with E-state index in [1.54, 1.807) is 6.20 Å². The molecular formula is C16H18N2O. The number of pyridine rings is 1. The van der Waals surface area contributed by atoms with Crippen LogP contribution in [0, 0.1) is 0 Å². The SMILES string of the molecule is C=CCN(CC=C)Cc1c[nH]c(=O)c2ccccc12. The largest absolute Gasteiger partial charge is 0.328 e. The van der Waals surface area contributed by atoms with Gasteiger partial charge in [-0.2, -0.15) is 0 Å². The van der Waals surface area contributed by atoms with Gasteiger partial charge in [0.05, 0.1) is 0 Å². The molecule has 1 N–H and O–H groups in total. The van der Waals surface area contributed by atoms with E-state index in [1.165, 1.54) is 0 Å². The van der Waals surface area contributed by atoms with Crippen LogP contribution in [0.4, 0.5) is 0 Å². The summed E-state index contributed by atoms with van der Waals surface area (Å²) in [6, 6.07) is 7.67.